The molecule has 0 atom stereocenters. The molecule has 5 heteroatoms. The Balaban J connectivity index is 0.00000126. The lowest BCUT2D eigenvalue weighted by molar-refractivity contribution is -0.137. The topological polar surface area (TPSA) is 15.3 Å². The van der Waals surface area contributed by atoms with E-state index in [1.807, 2.05) is 19.9 Å². The van der Waals surface area contributed by atoms with Crippen LogP contribution in [0.4, 0.5) is 13.2 Å². The molecule has 0 amide bonds. The molecule has 27 heavy (non-hydrogen) atoms. The summed E-state index contributed by atoms with van der Waals surface area (Å²) in [6.07, 6.45) is -2.14. The minimum atomic E-state index is -4.27. The minimum absolute atomic E-state index is 0.425. The van der Waals surface area contributed by atoms with E-state index in [1.54, 1.807) is 12.1 Å². The first-order valence-corrected chi connectivity index (χ1v) is 9.66. The molecular formula is C22H29F3N2. The molecule has 0 bridgehead atoms. The summed E-state index contributed by atoms with van der Waals surface area (Å²) in [7, 11) is 0. The van der Waals surface area contributed by atoms with Crippen molar-refractivity contribution in [1.29, 1.82) is 0 Å². The third kappa shape index (κ3) is 7.00. The van der Waals surface area contributed by atoms with Gasteiger partial charge in [0.1, 0.15) is 0 Å². The maximum Gasteiger partial charge on any atom is 0.416 e. The lowest BCUT2D eigenvalue weighted by Crippen LogP contribution is -2.41. The summed E-state index contributed by atoms with van der Waals surface area (Å²) in [6, 6.07) is 16.3. The van der Waals surface area contributed by atoms with Crippen LogP contribution in [-0.4, -0.2) is 24.0 Å². The molecule has 3 rings (SSSR count). The highest BCUT2D eigenvalue weighted by atomic mass is 19.4. The van der Waals surface area contributed by atoms with Crippen LogP contribution in [0.1, 0.15) is 43.4 Å². The van der Waals surface area contributed by atoms with E-state index >= 15 is 0 Å². The van der Waals surface area contributed by atoms with E-state index in [0.717, 1.165) is 50.2 Å². The summed E-state index contributed by atoms with van der Waals surface area (Å²) in [5.74, 6) is 0. The molecule has 1 fully saturated rings. The van der Waals surface area contributed by atoms with E-state index in [1.165, 1.54) is 5.56 Å². The van der Waals surface area contributed by atoms with Crippen LogP contribution in [0.25, 0.3) is 0 Å². The van der Waals surface area contributed by atoms with E-state index in [0.29, 0.717) is 12.6 Å². The first-order chi connectivity index (χ1) is 13.0. The number of likely N-dealkylation sites (tertiary alicyclic amines) is 1. The SMILES string of the molecule is CC.FC(F)(F)c1ccc(CNC2CCN(Cc3ccccc3)CC2)cc1. The number of benzene rings is 2. The Morgan fingerprint density at radius 1 is 0.889 bits per heavy atom. The highest BCUT2D eigenvalue weighted by Crippen LogP contribution is 2.29. The molecule has 2 nitrogen and oxygen atoms in total. The molecule has 0 spiro atoms. The van der Waals surface area contributed by atoms with Gasteiger partial charge < -0.3 is 5.32 Å². The van der Waals surface area contributed by atoms with Gasteiger partial charge in [-0.25, -0.2) is 0 Å². The monoisotopic (exact) mass is 378 g/mol. The van der Waals surface area contributed by atoms with Crippen molar-refractivity contribution in [3.63, 3.8) is 0 Å². The fraction of sp³-hybridized carbons (Fsp3) is 0.455. The number of rotatable bonds is 5. The molecular weight excluding hydrogens is 349 g/mol. The van der Waals surface area contributed by atoms with Gasteiger partial charge in [0, 0.05) is 19.1 Å². The van der Waals surface area contributed by atoms with Crippen LogP contribution in [0.5, 0.6) is 0 Å². The molecule has 2 aromatic rings. The molecule has 0 aliphatic carbocycles. The zero-order chi connectivity index (χ0) is 19.7. The zero-order valence-electron chi connectivity index (χ0n) is 16.1. The fourth-order valence-electron chi connectivity index (χ4n) is 3.21. The van der Waals surface area contributed by atoms with Crippen LogP contribution >= 0.6 is 0 Å². The largest absolute Gasteiger partial charge is 0.416 e. The second-order valence-electron chi connectivity index (χ2n) is 6.61. The normalized spacial score (nSPS) is 15.9. The van der Waals surface area contributed by atoms with Crippen molar-refractivity contribution in [3.8, 4) is 0 Å². The highest BCUT2D eigenvalue weighted by molar-refractivity contribution is 5.24. The Morgan fingerprint density at radius 2 is 1.48 bits per heavy atom. The predicted molar refractivity (Wildman–Crippen MR) is 104 cm³/mol. The van der Waals surface area contributed by atoms with E-state index in [9.17, 15) is 13.2 Å². The van der Waals surface area contributed by atoms with Gasteiger partial charge in [-0.1, -0.05) is 56.3 Å². The smallest absolute Gasteiger partial charge is 0.310 e. The molecule has 1 heterocycles. The van der Waals surface area contributed by atoms with Crippen molar-refractivity contribution >= 4 is 0 Å². The number of hydrogen-bond acceptors (Lipinski definition) is 2. The van der Waals surface area contributed by atoms with Crippen molar-refractivity contribution in [2.45, 2.75) is 52.0 Å². The van der Waals surface area contributed by atoms with Crippen molar-refractivity contribution in [1.82, 2.24) is 10.2 Å². The van der Waals surface area contributed by atoms with Crippen LogP contribution in [0.15, 0.2) is 54.6 Å². The molecule has 0 unspecified atom stereocenters. The summed E-state index contributed by atoms with van der Waals surface area (Å²) >= 11 is 0. The van der Waals surface area contributed by atoms with Crippen LogP contribution in [0, 0.1) is 0 Å². The Hall–Kier alpha value is -1.85. The Labute approximate surface area is 160 Å². The third-order valence-corrected chi connectivity index (χ3v) is 4.71. The second-order valence-corrected chi connectivity index (χ2v) is 6.61. The van der Waals surface area contributed by atoms with Crippen LogP contribution in [-0.2, 0) is 19.3 Å². The molecule has 1 aliphatic heterocycles. The molecule has 2 aromatic carbocycles. The summed E-state index contributed by atoms with van der Waals surface area (Å²) < 4.78 is 37.7. The van der Waals surface area contributed by atoms with Crippen molar-refractivity contribution in [3.05, 3.63) is 71.3 Å². The summed E-state index contributed by atoms with van der Waals surface area (Å²) in [5, 5.41) is 3.47. The van der Waals surface area contributed by atoms with Gasteiger partial charge in [0.05, 0.1) is 5.56 Å². The third-order valence-electron chi connectivity index (χ3n) is 4.71. The Morgan fingerprint density at radius 3 is 2.04 bits per heavy atom. The standard InChI is InChI=1S/C20H23F3N2.C2H6/c21-20(22,23)18-8-6-16(7-9-18)14-24-19-10-12-25(13-11-19)15-17-4-2-1-3-5-17;1-2/h1-9,19,24H,10-15H2;1-2H3. The van der Waals surface area contributed by atoms with E-state index < -0.39 is 11.7 Å². The maximum atomic E-state index is 12.6. The maximum absolute atomic E-state index is 12.6. The predicted octanol–water partition coefficient (Wildman–Crippen LogP) is 5.49. The number of halogens is 3. The first-order valence-electron chi connectivity index (χ1n) is 9.66. The van der Waals surface area contributed by atoms with Crippen LogP contribution in [0.3, 0.4) is 0 Å². The van der Waals surface area contributed by atoms with Gasteiger partial charge in [-0.15, -0.1) is 0 Å². The van der Waals surface area contributed by atoms with Crippen molar-refractivity contribution in [2.75, 3.05) is 13.1 Å². The van der Waals surface area contributed by atoms with Gasteiger partial charge >= 0.3 is 6.18 Å². The van der Waals surface area contributed by atoms with Gasteiger partial charge in [-0.3, -0.25) is 4.90 Å². The van der Waals surface area contributed by atoms with Crippen LogP contribution in [0.2, 0.25) is 0 Å². The van der Waals surface area contributed by atoms with Gasteiger partial charge in [-0.05, 0) is 49.2 Å². The highest BCUT2D eigenvalue weighted by Gasteiger charge is 2.29. The Kier molecular flexibility index (Phi) is 8.32. The van der Waals surface area contributed by atoms with Crippen molar-refractivity contribution < 1.29 is 13.2 Å². The van der Waals surface area contributed by atoms with Gasteiger partial charge in [-0.2, -0.15) is 13.2 Å². The molecule has 0 radical (unpaired) electrons. The molecule has 1 aliphatic rings. The lowest BCUT2D eigenvalue weighted by Gasteiger charge is -2.32. The van der Waals surface area contributed by atoms with Gasteiger partial charge in [0.25, 0.3) is 0 Å². The van der Waals surface area contributed by atoms with Gasteiger partial charge in [0.2, 0.25) is 0 Å². The molecule has 148 valence electrons. The minimum Gasteiger partial charge on any atom is -0.310 e. The lowest BCUT2D eigenvalue weighted by atomic mass is 10.0. The fourth-order valence-corrected chi connectivity index (χ4v) is 3.21. The van der Waals surface area contributed by atoms with Gasteiger partial charge in [0.15, 0.2) is 0 Å². The first kappa shape index (κ1) is 21.5. The van der Waals surface area contributed by atoms with E-state index in [4.69, 9.17) is 0 Å². The molecule has 0 saturated carbocycles. The number of nitrogens with zero attached hydrogens (tertiary/aromatic N) is 1. The number of alkyl halides is 3. The van der Waals surface area contributed by atoms with E-state index in [2.05, 4.69) is 34.5 Å². The quantitative estimate of drug-likeness (QED) is 0.740. The van der Waals surface area contributed by atoms with Crippen molar-refractivity contribution in [2.24, 2.45) is 0 Å². The summed E-state index contributed by atoms with van der Waals surface area (Å²) in [6.45, 7) is 7.67. The summed E-state index contributed by atoms with van der Waals surface area (Å²) in [5.41, 5.74) is 1.63. The Bertz CT molecular complexity index is 646. The van der Waals surface area contributed by atoms with E-state index in [-0.39, 0.29) is 0 Å². The number of piperidine rings is 1. The second kappa shape index (κ2) is 10.5. The van der Waals surface area contributed by atoms with Crippen LogP contribution < -0.4 is 5.32 Å². The molecule has 1 N–H and O–H groups in total. The number of hydrogen-bond donors (Lipinski definition) is 1. The zero-order valence-corrected chi connectivity index (χ0v) is 16.1. The number of nitrogens with one attached hydrogen (secondary N) is 1. The molecule has 1 saturated heterocycles. The average Bonchev–Trinajstić information content (AvgIpc) is 2.69. The molecule has 0 aromatic heterocycles. The average molecular weight is 378 g/mol. The summed E-state index contributed by atoms with van der Waals surface area (Å²) in [4.78, 5) is 2.45.